The Hall–Kier alpha value is -1.91. The smallest absolute Gasteiger partial charge is 0.239 e. The molecular formula is C11H16N4O. The quantitative estimate of drug-likeness (QED) is 0.589. The van der Waals surface area contributed by atoms with E-state index in [0.29, 0.717) is 17.9 Å². The second-order valence-corrected chi connectivity index (χ2v) is 3.94. The standard InChI is InChI=1S/C11H16N4O/c12-9-3-2-8(6-10(9)13)15-5-1-4-14-11(16)7-15/h2-3,6H,1,4-5,7,12-13H2,(H,14,16). The van der Waals surface area contributed by atoms with Crippen LogP contribution in [0.15, 0.2) is 18.2 Å². The largest absolute Gasteiger partial charge is 0.397 e. The average Bonchev–Trinajstić information content (AvgIpc) is 2.47. The molecular weight excluding hydrogens is 204 g/mol. The molecule has 1 aromatic carbocycles. The number of nitrogens with one attached hydrogen (secondary N) is 1. The van der Waals surface area contributed by atoms with Crippen molar-refractivity contribution < 1.29 is 4.79 Å². The highest BCUT2D eigenvalue weighted by Gasteiger charge is 2.15. The molecule has 1 amide bonds. The van der Waals surface area contributed by atoms with Gasteiger partial charge in [-0.2, -0.15) is 0 Å². The van der Waals surface area contributed by atoms with Crippen molar-refractivity contribution in [3.05, 3.63) is 18.2 Å². The Morgan fingerprint density at radius 3 is 2.81 bits per heavy atom. The van der Waals surface area contributed by atoms with Crippen molar-refractivity contribution in [3.63, 3.8) is 0 Å². The first-order valence-corrected chi connectivity index (χ1v) is 5.33. The van der Waals surface area contributed by atoms with Gasteiger partial charge in [-0.1, -0.05) is 0 Å². The number of nitrogens with two attached hydrogens (primary N) is 2. The van der Waals surface area contributed by atoms with Crippen LogP contribution in [-0.4, -0.2) is 25.5 Å². The minimum atomic E-state index is 0.0490. The third-order valence-corrected chi connectivity index (χ3v) is 2.70. The zero-order valence-electron chi connectivity index (χ0n) is 9.07. The Morgan fingerprint density at radius 2 is 2.06 bits per heavy atom. The van der Waals surface area contributed by atoms with Crippen LogP contribution in [0.3, 0.4) is 0 Å². The van der Waals surface area contributed by atoms with Gasteiger partial charge in [0.25, 0.3) is 0 Å². The predicted molar refractivity (Wildman–Crippen MR) is 65.1 cm³/mol. The van der Waals surface area contributed by atoms with Gasteiger partial charge in [-0.05, 0) is 24.6 Å². The maximum Gasteiger partial charge on any atom is 0.239 e. The molecule has 1 aliphatic heterocycles. The lowest BCUT2D eigenvalue weighted by Gasteiger charge is -2.21. The number of hydrogen-bond acceptors (Lipinski definition) is 4. The zero-order chi connectivity index (χ0) is 11.5. The molecule has 0 saturated carbocycles. The van der Waals surface area contributed by atoms with Crippen LogP contribution in [0.1, 0.15) is 6.42 Å². The number of nitrogen functional groups attached to an aromatic ring is 2. The van der Waals surface area contributed by atoms with E-state index in [1.54, 1.807) is 6.07 Å². The molecule has 0 radical (unpaired) electrons. The van der Waals surface area contributed by atoms with Gasteiger partial charge in [0.15, 0.2) is 0 Å². The number of nitrogens with zero attached hydrogens (tertiary/aromatic N) is 1. The van der Waals surface area contributed by atoms with Crippen molar-refractivity contribution in [1.29, 1.82) is 0 Å². The SMILES string of the molecule is Nc1ccc(N2CCCNC(=O)C2)cc1N. The third kappa shape index (κ3) is 2.18. The lowest BCUT2D eigenvalue weighted by Crippen LogP contribution is -2.33. The van der Waals surface area contributed by atoms with E-state index in [0.717, 1.165) is 25.2 Å². The van der Waals surface area contributed by atoms with E-state index in [1.165, 1.54) is 0 Å². The van der Waals surface area contributed by atoms with Crippen molar-refractivity contribution >= 4 is 23.0 Å². The van der Waals surface area contributed by atoms with Gasteiger partial charge in [-0.15, -0.1) is 0 Å². The second kappa shape index (κ2) is 4.30. The van der Waals surface area contributed by atoms with E-state index in [1.807, 2.05) is 17.0 Å². The molecule has 1 heterocycles. The molecule has 1 aliphatic rings. The molecule has 2 rings (SSSR count). The van der Waals surface area contributed by atoms with Crippen molar-refractivity contribution in [3.8, 4) is 0 Å². The van der Waals surface area contributed by atoms with Gasteiger partial charge in [0.05, 0.1) is 17.9 Å². The zero-order valence-corrected chi connectivity index (χ0v) is 9.07. The summed E-state index contributed by atoms with van der Waals surface area (Å²) in [5.41, 5.74) is 13.5. The molecule has 5 nitrogen and oxygen atoms in total. The number of hydrogen-bond donors (Lipinski definition) is 3. The van der Waals surface area contributed by atoms with E-state index in [9.17, 15) is 4.79 Å². The molecule has 5 heteroatoms. The van der Waals surface area contributed by atoms with Crippen LogP contribution in [0.2, 0.25) is 0 Å². The molecule has 0 aromatic heterocycles. The Balaban J connectivity index is 2.21. The molecule has 0 aliphatic carbocycles. The lowest BCUT2D eigenvalue weighted by atomic mass is 10.2. The fraction of sp³-hybridized carbons (Fsp3) is 0.364. The summed E-state index contributed by atoms with van der Waals surface area (Å²) in [6, 6.07) is 5.48. The van der Waals surface area contributed by atoms with E-state index >= 15 is 0 Å². The topological polar surface area (TPSA) is 84.4 Å². The van der Waals surface area contributed by atoms with Gasteiger partial charge in [-0.25, -0.2) is 0 Å². The van der Waals surface area contributed by atoms with E-state index in [4.69, 9.17) is 11.5 Å². The summed E-state index contributed by atoms with van der Waals surface area (Å²) >= 11 is 0. The molecule has 0 atom stereocenters. The monoisotopic (exact) mass is 220 g/mol. The Bertz CT molecular complexity index is 405. The third-order valence-electron chi connectivity index (χ3n) is 2.70. The molecule has 1 aromatic rings. The molecule has 0 spiro atoms. The number of carbonyl (C=O) groups is 1. The summed E-state index contributed by atoms with van der Waals surface area (Å²) in [5, 5.41) is 2.83. The lowest BCUT2D eigenvalue weighted by molar-refractivity contribution is -0.119. The normalized spacial score (nSPS) is 16.8. The minimum Gasteiger partial charge on any atom is -0.397 e. The first-order valence-electron chi connectivity index (χ1n) is 5.33. The Kier molecular flexibility index (Phi) is 2.85. The summed E-state index contributed by atoms with van der Waals surface area (Å²) in [6.07, 6.45) is 0.940. The summed E-state index contributed by atoms with van der Waals surface area (Å²) < 4.78 is 0. The molecule has 0 unspecified atom stereocenters. The highest BCUT2D eigenvalue weighted by molar-refractivity contribution is 5.82. The summed E-state index contributed by atoms with van der Waals surface area (Å²) in [7, 11) is 0. The molecule has 86 valence electrons. The van der Waals surface area contributed by atoms with Gasteiger partial charge in [-0.3, -0.25) is 4.79 Å². The van der Waals surface area contributed by atoms with Gasteiger partial charge in [0.1, 0.15) is 0 Å². The van der Waals surface area contributed by atoms with E-state index < -0.39 is 0 Å². The van der Waals surface area contributed by atoms with Crippen molar-refractivity contribution in [2.45, 2.75) is 6.42 Å². The maximum atomic E-state index is 11.4. The molecule has 1 fully saturated rings. The summed E-state index contributed by atoms with van der Waals surface area (Å²) in [4.78, 5) is 13.4. The second-order valence-electron chi connectivity index (χ2n) is 3.94. The molecule has 16 heavy (non-hydrogen) atoms. The van der Waals surface area contributed by atoms with Crippen molar-refractivity contribution in [1.82, 2.24) is 5.32 Å². The van der Waals surface area contributed by atoms with Crippen LogP contribution >= 0.6 is 0 Å². The van der Waals surface area contributed by atoms with Crippen LogP contribution in [0.25, 0.3) is 0 Å². The number of amides is 1. The van der Waals surface area contributed by atoms with Crippen LogP contribution in [0, 0.1) is 0 Å². The minimum absolute atomic E-state index is 0.0490. The number of rotatable bonds is 1. The Labute approximate surface area is 94.4 Å². The predicted octanol–water partition coefficient (Wildman–Crippen LogP) is 0.177. The van der Waals surface area contributed by atoms with Crippen LogP contribution in [0.5, 0.6) is 0 Å². The Morgan fingerprint density at radius 1 is 1.25 bits per heavy atom. The summed E-state index contributed by atoms with van der Waals surface area (Å²) in [6.45, 7) is 1.96. The van der Waals surface area contributed by atoms with E-state index in [2.05, 4.69) is 5.32 Å². The van der Waals surface area contributed by atoms with Gasteiger partial charge < -0.3 is 21.7 Å². The summed E-state index contributed by atoms with van der Waals surface area (Å²) in [5.74, 6) is 0.0490. The van der Waals surface area contributed by atoms with E-state index in [-0.39, 0.29) is 5.91 Å². The fourth-order valence-corrected chi connectivity index (χ4v) is 1.79. The molecule has 5 N–H and O–H groups in total. The highest BCUT2D eigenvalue weighted by atomic mass is 16.2. The molecule has 0 bridgehead atoms. The first-order chi connectivity index (χ1) is 7.66. The average molecular weight is 220 g/mol. The fourth-order valence-electron chi connectivity index (χ4n) is 1.79. The van der Waals surface area contributed by atoms with Crippen molar-refractivity contribution in [2.24, 2.45) is 0 Å². The van der Waals surface area contributed by atoms with Gasteiger partial charge >= 0.3 is 0 Å². The van der Waals surface area contributed by atoms with Gasteiger partial charge in [0, 0.05) is 18.8 Å². The van der Waals surface area contributed by atoms with Crippen LogP contribution in [-0.2, 0) is 4.79 Å². The number of benzene rings is 1. The van der Waals surface area contributed by atoms with Crippen LogP contribution < -0.4 is 21.7 Å². The first kappa shape index (κ1) is 10.6. The van der Waals surface area contributed by atoms with Gasteiger partial charge in [0.2, 0.25) is 5.91 Å². The van der Waals surface area contributed by atoms with Crippen molar-refractivity contribution in [2.75, 3.05) is 36.0 Å². The molecule has 1 saturated heterocycles. The maximum absolute atomic E-state index is 11.4. The number of anilines is 3. The highest BCUT2D eigenvalue weighted by Crippen LogP contribution is 2.23. The number of carbonyl (C=O) groups excluding carboxylic acids is 1. The van der Waals surface area contributed by atoms with Crippen LogP contribution in [0.4, 0.5) is 17.1 Å².